The van der Waals surface area contributed by atoms with Gasteiger partial charge in [-0.25, -0.2) is 0 Å². The minimum atomic E-state index is -3.33. The highest BCUT2D eigenvalue weighted by molar-refractivity contribution is 7.85. The smallest absolute Gasteiger partial charge is 0.198 e. The molecule has 0 atom stereocenters. The number of hydroxylamine groups is 1. The Hall–Kier alpha value is -0.130. The zero-order valence-corrected chi connectivity index (χ0v) is 7.94. The summed E-state index contributed by atoms with van der Waals surface area (Å²) in [6, 6.07) is 0. The Labute approximate surface area is 68.0 Å². The van der Waals surface area contributed by atoms with Gasteiger partial charge in [-0.2, -0.15) is 18.2 Å². The first kappa shape index (κ1) is 10.9. The molecule has 0 aliphatic carbocycles. The van der Waals surface area contributed by atoms with Gasteiger partial charge in [0.15, 0.2) is 0 Å². The molecule has 5 heteroatoms. The summed E-state index contributed by atoms with van der Waals surface area (Å²) in [5.74, 6) is 0.547. The van der Waals surface area contributed by atoms with Gasteiger partial charge in [-0.3, -0.25) is 0 Å². The topological polar surface area (TPSA) is 55.4 Å². The Bertz CT molecular complexity index is 186. The predicted molar refractivity (Wildman–Crippen MR) is 43.4 cm³/mol. The average Bonchev–Trinajstić information content (AvgIpc) is 1.78. The number of hydrogen-bond donors (Lipinski definition) is 1. The maximum absolute atomic E-state index is 10.4. The Morgan fingerprint density at radius 3 is 2.36 bits per heavy atom. The van der Waals surface area contributed by atoms with Gasteiger partial charge < -0.3 is 0 Å². The molecule has 0 aromatic carbocycles. The van der Waals surface area contributed by atoms with E-state index in [1.165, 1.54) is 0 Å². The van der Waals surface area contributed by atoms with E-state index in [4.69, 9.17) is 0 Å². The van der Waals surface area contributed by atoms with Crippen molar-refractivity contribution in [3.63, 3.8) is 0 Å². The van der Waals surface area contributed by atoms with Crippen molar-refractivity contribution in [3.05, 3.63) is 0 Å². The second-order valence-electron chi connectivity index (χ2n) is 2.86. The lowest BCUT2D eigenvalue weighted by molar-refractivity contribution is 0.200. The van der Waals surface area contributed by atoms with Crippen LogP contribution in [-0.4, -0.2) is 21.2 Å². The van der Waals surface area contributed by atoms with Gasteiger partial charge in [-0.05, 0) is 12.3 Å². The predicted octanol–water partition coefficient (Wildman–Crippen LogP) is 0.513. The van der Waals surface area contributed by atoms with Crippen molar-refractivity contribution < 1.29 is 12.7 Å². The van der Waals surface area contributed by atoms with E-state index in [2.05, 4.69) is 23.6 Å². The number of rotatable bonds is 5. The minimum Gasteiger partial charge on any atom is -0.198 e. The first-order valence-electron chi connectivity index (χ1n) is 3.53. The Balaban J connectivity index is 3.30. The fourth-order valence-corrected chi connectivity index (χ4v) is 0.794. The van der Waals surface area contributed by atoms with Gasteiger partial charge in [0.2, 0.25) is 0 Å². The standard InChI is InChI=1S/C6H15NO3S/c1-6(2)4-5-7-10-11(3,8)9/h6-7H,4-5H2,1-3H3. The van der Waals surface area contributed by atoms with Gasteiger partial charge in [-0.1, -0.05) is 13.8 Å². The SMILES string of the molecule is CC(C)CCNOS(C)(=O)=O. The second kappa shape index (κ2) is 4.69. The van der Waals surface area contributed by atoms with Gasteiger partial charge in [0.05, 0.1) is 6.26 Å². The molecule has 0 rings (SSSR count). The summed E-state index contributed by atoms with van der Waals surface area (Å²) in [6.07, 6.45) is 1.91. The Kier molecular flexibility index (Phi) is 4.63. The highest BCUT2D eigenvalue weighted by atomic mass is 32.2. The quantitative estimate of drug-likeness (QED) is 0.496. The van der Waals surface area contributed by atoms with Gasteiger partial charge in [0.25, 0.3) is 10.1 Å². The van der Waals surface area contributed by atoms with Crippen LogP contribution in [0.2, 0.25) is 0 Å². The van der Waals surface area contributed by atoms with E-state index >= 15 is 0 Å². The molecule has 1 N–H and O–H groups in total. The van der Waals surface area contributed by atoms with Crippen LogP contribution in [-0.2, 0) is 14.4 Å². The zero-order chi connectivity index (χ0) is 8.91. The lowest BCUT2D eigenvalue weighted by Crippen LogP contribution is -2.21. The highest BCUT2D eigenvalue weighted by Crippen LogP contribution is 1.96. The van der Waals surface area contributed by atoms with Crippen LogP contribution in [0.25, 0.3) is 0 Å². The van der Waals surface area contributed by atoms with Gasteiger partial charge in [0.1, 0.15) is 0 Å². The van der Waals surface area contributed by atoms with E-state index in [0.29, 0.717) is 12.5 Å². The zero-order valence-electron chi connectivity index (χ0n) is 7.12. The highest BCUT2D eigenvalue weighted by Gasteiger charge is 2.00. The van der Waals surface area contributed by atoms with Crippen LogP contribution in [0.5, 0.6) is 0 Å². The molecule has 11 heavy (non-hydrogen) atoms. The fraction of sp³-hybridized carbons (Fsp3) is 1.00. The fourth-order valence-electron chi connectivity index (χ4n) is 0.496. The molecular formula is C6H15NO3S. The third-order valence-corrected chi connectivity index (χ3v) is 1.45. The second-order valence-corrected chi connectivity index (χ2v) is 4.44. The molecule has 0 aromatic heterocycles. The first-order valence-corrected chi connectivity index (χ1v) is 5.35. The average molecular weight is 181 g/mol. The van der Waals surface area contributed by atoms with Crippen molar-refractivity contribution in [2.75, 3.05) is 12.8 Å². The van der Waals surface area contributed by atoms with Crippen molar-refractivity contribution in [1.82, 2.24) is 5.48 Å². The summed E-state index contributed by atoms with van der Waals surface area (Å²) in [6.45, 7) is 4.68. The van der Waals surface area contributed by atoms with Gasteiger partial charge in [0, 0.05) is 6.54 Å². The van der Waals surface area contributed by atoms with Crippen LogP contribution in [0.4, 0.5) is 0 Å². The number of nitrogens with one attached hydrogen (secondary N) is 1. The van der Waals surface area contributed by atoms with Crippen molar-refractivity contribution in [3.8, 4) is 0 Å². The molecule has 0 heterocycles. The normalized spacial score (nSPS) is 12.4. The lowest BCUT2D eigenvalue weighted by atomic mass is 10.1. The summed E-state index contributed by atoms with van der Waals surface area (Å²) in [5, 5.41) is 0. The van der Waals surface area contributed by atoms with Crippen molar-refractivity contribution in [2.45, 2.75) is 20.3 Å². The van der Waals surface area contributed by atoms with Gasteiger partial charge >= 0.3 is 0 Å². The van der Waals surface area contributed by atoms with E-state index < -0.39 is 10.1 Å². The van der Waals surface area contributed by atoms with E-state index in [1.54, 1.807) is 0 Å². The van der Waals surface area contributed by atoms with Crippen molar-refractivity contribution in [2.24, 2.45) is 5.92 Å². The first-order chi connectivity index (χ1) is 4.92. The lowest BCUT2D eigenvalue weighted by Gasteiger charge is -2.04. The van der Waals surface area contributed by atoms with Crippen LogP contribution < -0.4 is 5.48 Å². The van der Waals surface area contributed by atoms with E-state index in [1.807, 2.05) is 0 Å². The molecule has 0 unspecified atom stereocenters. The number of hydrogen-bond acceptors (Lipinski definition) is 4. The molecular weight excluding hydrogens is 166 g/mol. The van der Waals surface area contributed by atoms with Crippen molar-refractivity contribution in [1.29, 1.82) is 0 Å². The monoisotopic (exact) mass is 181 g/mol. The summed E-state index contributed by atoms with van der Waals surface area (Å²) in [4.78, 5) is 0. The van der Waals surface area contributed by atoms with Crippen LogP contribution in [0, 0.1) is 5.92 Å². The van der Waals surface area contributed by atoms with E-state index in [-0.39, 0.29) is 0 Å². The molecule has 0 aromatic rings. The Morgan fingerprint density at radius 1 is 1.45 bits per heavy atom. The molecule has 0 fully saturated rings. The molecule has 0 radical (unpaired) electrons. The van der Waals surface area contributed by atoms with Crippen LogP contribution in [0.1, 0.15) is 20.3 Å². The minimum absolute atomic E-state index is 0.547. The third kappa shape index (κ3) is 9.87. The molecule has 0 spiro atoms. The maximum Gasteiger partial charge on any atom is 0.280 e. The van der Waals surface area contributed by atoms with Gasteiger partial charge in [-0.15, -0.1) is 0 Å². The third-order valence-electron chi connectivity index (χ3n) is 1.03. The molecule has 0 amide bonds. The molecule has 68 valence electrons. The molecule has 4 nitrogen and oxygen atoms in total. The van der Waals surface area contributed by atoms with E-state index in [9.17, 15) is 8.42 Å². The summed E-state index contributed by atoms with van der Waals surface area (Å²) in [5.41, 5.74) is 2.37. The molecule has 0 aliphatic rings. The molecule has 0 aliphatic heterocycles. The molecule has 0 saturated carbocycles. The Morgan fingerprint density at radius 2 is 2.00 bits per heavy atom. The van der Waals surface area contributed by atoms with Crippen LogP contribution in [0.3, 0.4) is 0 Å². The molecule has 0 saturated heterocycles. The molecule has 0 bridgehead atoms. The van der Waals surface area contributed by atoms with Crippen molar-refractivity contribution >= 4 is 10.1 Å². The summed E-state index contributed by atoms with van der Waals surface area (Å²) >= 11 is 0. The van der Waals surface area contributed by atoms with E-state index in [0.717, 1.165) is 12.7 Å². The van der Waals surface area contributed by atoms with Crippen LogP contribution in [0.15, 0.2) is 0 Å². The largest absolute Gasteiger partial charge is 0.280 e. The van der Waals surface area contributed by atoms with Crippen LogP contribution >= 0.6 is 0 Å². The maximum atomic E-state index is 10.4. The summed E-state index contributed by atoms with van der Waals surface area (Å²) < 4.78 is 25.1. The summed E-state index contributed by atoms with van der Waals surface area (Å²) in [7, 11) is -3.33.